The molecule has 2 atom stereocenters. The van der Waals surface area contributed by atoms with Gasteiger partial charge in [-0.2, -0.15) is 10.1 Å². The first-order valence-electron chi connectivity index (χ1n) is 7.34. The summed E-state index contributed by atoms with van der Waals surface area (Å²) in [7, 11) is 0. The molecule has 2 heterocycles. The standard InChI is InChI=1S/C15H25N5O/c1-10-7-17-20(9-10)12(3)11(2)16-8-13-18-14(21-19-13)15(4,5)6/h7,9,11-12,16H,8H2,1-6H3/t11-,12+/m1/s1. The van der Waals surface area contributed by atoms with Crippen molar-refractivity contribution in [2.24, 2.45) is 0 Å². The van der Waals surface area contributed by atoms with Crippen LogP contribution in [-0.2, 0) is 12.0 Å². The number of nitrogens with zero attached hydrogens (tertiary/aromatic N) is 4. The number of hydrogen-bond acceptors (Lipinski definition) is 5. The summed E-state index contributed by atoms with van der Waals surface area (Å²) in [5.74, 6) is 1.36. The van der Waals surface area contributed by atoms with Gasteiger partial charge in [0, 0.05) is 17.7 Å². The predicted octanol–water partition coefficient (Wildman–Crippen LogP) is 2.61. The number of hydrogen-bond donors (Lipinski definition) is 1. The van der Waals surface area contributed by atoms with Crippen LogP contribution >= 0.6 is 0 Å². The van der Waals surface area contributed by atoms with Gasteiger partial charge in [-0.1, -0.05) is 25.9 Å². The number of rotatable bonds is 5. The summed E-state index contributed by atoms with van der Waals surface area (Å²) in [6.07, 6.45) is 3.92. The Labute approximate surface area is 125 Å². The second-order valence-electron chi connectivity index (χ2n) is 6.67. The highest BCUT2D eigenvalue weighted by Crippen LogP contribution is 2.19. The van der Waals surface area contributed by atoms with Gasteiger partial charge in [-0.15, -0.1) is 0 Å². The Bertz CT molecular complexity index is 581. The van der Waals surface area contributed by atoms with Crippen LogP contribution < -0.4 is 5.32 Å². The van der Waals surface area contributed by atoms with E-state index in [-0.39, 0.29) is 17.5 Å². The SMILES string of the molecule is Cc1cnn([C@@H](C)[C@@H](C)NCc2noc(C(C)(C)C)n2)c1. The third-order valence-corrected chi connectivity index (χ3v) is 3.56. The molecule has 0 unspecified atom stereocenters. The van der Waals surface area contributed by atoms with Crippen molar-refractivity contribution in [1.82, 2.24) is 25.2 Å². The highest BCUT2D eigenvalue weighted by Gasteiger charge is 2.22. The summed E-state index contributed by atoms with van der Waals surface area (Å²) in [6, 6.07) is 0.508. The van der Waals surface area contributed by atoms with Crippen molar-refractivity contribution in [3.05, 3.63) is 29.7 Å². The summed E-state index contributed by atoms with van der Waals surface area (Å²) in [5.41, 5.74) is 1.05. The normalized spacial score (nSPS) is 15.1. The molecule has 0 amide bonds. The van der Waals surface area contributed by atoms with Gasteiger partial charge in [0.15, 0.2) is 5.82 Å². The van der Waals surface area contributed by atoms with Crippen molar-refractivity contribution < 1.29 is 4.52 Å². The molecular formula is C15H25N5O. The third-order valence-electron chi connectivity index (χ3n) is 3.56. The molecule has 0 spiro atoms. The molecule has 0 aliphatic rings. The molecule has 21 heavy (non-hydrogen) atoms. The Kier molecular flexibility index (Phi) is 4.46. The zero-order valence-electron chi connectivity index (χ0n) is 13.7. The maximum Gasteiger partial charge on any atom is 0.232 e. The van der Waals surface area contributed by atoms with Crippen LogP contribution in [0.15, 0.2) is 16.9 Å². The zero-order valence-corrected chi connectivity index (χ0v) is 13.7. The summed E-state index contributed by atoms with van der Waals surface area (Å²) < 4.78 is 7.27. The molecule has 0 radical (unpaired) electrons. The van der Waals surface area contributed by atoms with Crippen LogP contribution in [0, 0.1) is 6.92 Å². The monoisotopic (exact) mass is 291 g/mol. The van der Waals surface area contributed by atoms with Crippen LogP contribution in [-0.4, -0.2) is 26.0 Å². The first-order chi connectivity index (χ1) is 9.77. The number of aryl methyl sites for hydroxylation is 1. The van der Waals surface area contributed by atoms with Crippen molar-refractivity contribution in [3.8, 4) is 0 Å². The second-order valence-corrected chi connectivity index (χ2v) is 6.67. The van der Waals surface area contributed by atoms with E-state index in [1.54, 1.807) is 0 Å². The van der Waals surface area contributed by atoms with Crippen LogP contribution in [0.5, 0.6) is 0 Å². The minimum absolute atomic E-state index is 0.114. The van der Waals surface area contributed by atoms with E-state index in [0.717, 1.165) is 0 Å². The first-order valence-corrected chi connectivity index (χ1v) is 7.34. The van der Waals surface area contributed by atoms with Crippen molar-refractivity contribution in [1.29, 1.82) is 0 Å². The van der Waals surface area contributed by atoms with Gasteiger partial charge in [-0.05, 0) is 26.3 Å². The molecule has 0 aromatic carbocycles. The molecule has 6 heteroatoms. The predicted molar refractivity (Wildman–Crippen MR) is 81.0 cm³/mol. The van der Waals surface area contributed by atoms with Crippen LogP contribution in [0.3, 0.4) is 0 Å². The number of aromatic nitrogens is 4. The van der Waals surface area contributed by atoms with Gasteiger partial charge in [0.05, 0.1) is 18.8 Å². The van der Waals surface area contributed by atoms with Crippen molar-refractivity contribution in [3.63, 3.8) is 0 Å². The average molecular weight is 291 g/mol. The molecule has 0 bridgehead atoms. The molecular weight excluding hydrogens is 266 g/mol. The highest BCUT2D eigenvalue weighted by atomic mass is 16.5. The van der Waals surface area contributed by atoms with E-state index in [0.29, 0.717) is 18.3 Å². The summed E-state index contributed by atoms with van der Waals surface area (Å²) >= 11 is 0. The van der Waals surface area contributed by atoms with E-state index in [9.17, 15) is 0 Å². The molecule has 0 fully saturated rings. The highest BCUT2D eigenvalue weighted by molar-refractivity contribution is 5.01. The molecule has 2 aromatic heterocycles. The molecule has 0 saturated heterocycles. The lowest BCUT2D eigenvalue weighted by Gasteiger charge is -2.21. The van der Waals surface area contributed by atoms with Crippen molar-refractivity contribution in [2.45, 2.75) is 65.6 Å². The van der Waals surface area contributed by atoms with Crippen molar-refractivity contribution >= 4 is 0 Å². The average Bonchev–Trinajstić information content (AvgIpc) is 3.03. The molecule has 2 rings (SSSR count). The van der Waals surface area contributed by atoms with E-state index >= 15 is 0 Å². The fraction of sp³-hybridized carbons (Fsp3) is 0.667. The molecule has 0 aliphatic heterocycles. The Morgan fingerprint density at radius 2 is 2.05 bits per heavy atom. The van der Waals surface area contributed by atoms with E-state index < -0.39 is 0 Å². The lowest BCUT2D eigenvalue weighted by atomic mass is 9.97. The van der Waals surface area contributed by atoms with Crippen LogP contribution in [0.25, 0.3) is 0 Å². The second kappa shape index (κ2) is 5.97. The maximum atomic E-state index is 5.29. The quantitative estimate of drug-likeness (QED) is 0.917. The lowest BCUT2D eigenvalue weighted by molar-refractivity contribution is 0.315. The molecule has 116 valence electrons. The van der Waals surface area contributed by atoms with Crippen LogP contribution in [0.2, 0.25) is 0 Å². The zero-order chi connectivity index (χ0) is 15.6. The van der Waals surface area contributed by atoms with E-state index in [2.05, 4.69) is 61.4 Å². The molecule has 2 aromatic rings. The van der Waals surface area contributed by atoms with Gasteiger partial charge >= 0.3 is 0 Å². The lowest BCUT2D eigenvalue weighted by Crippen LogP contribution is -2.33. The Morgan fingerprint density at radius 1 is 1.33 bits per heavy atom. The van der Waals surface area contributed by atoms with E-state index in [4.69, 9.17) is 4.52 Å². The Balaban J connectivity index is 1.92. The van der Waals surface area contributed by atoms with Gasteiger partial charge in [-0.3, -0.25) is 4.68 Å². The maximum absolute atomic E-state index is 5.29. The van der Waals surface area contributed by atoms with Crippen LogP contribution in [0.4, 0.5) is 0 Å². The molecule has 6 nitrogen and oxygen atoms in total. The van der Waals surface area contributed by atoms with Crippen molar-refractivity contribution in [2.75, 3.05) is 0 Å². The Morgan fingerprint density at radius 3 is 2.57 bits per heavy atom. The number of nitrogens with one attached hydrogen (secondary N) is 1. The summed E-state index contributed by atoms with van der Waals surface area (Å²) in [4.78, 5) is 4.43. The van der Waals surface area contributed by atoms with Gasteiger partial charge < -0.3 is 9.84 Å². The van der Waals surface area contributed by atoms with Gasteiger partial charge in [0.2, 0.25) is 5.89 Å². The largest absolute Gasteiger partial charge is 0.339 e. The summed E-state index contributed by atoms with van der Waals surface area (Å²) in [6.45, 7) is 13.1. The molecule has 0 saturated carbocycles. The summed E-state index contributed by atoms with van der Waals surface area (Å²) in [5, 5.41) is 11.8. The van der Waals surface area contributed by atoms with E-state index in [1.165, 1.54) is 5.56 Å². The van der Waals surface area contributed by atoms with Gasteiger partial charge in [-0.25, -0.2) is 0 Å². The Hall–Kier alpha value is -1.69. The fourth-order valence-corrected chi connectivity index (χ4v) is 1.94. The van der Waals surface area contributed by atoms with E-state index in [1.807, 2.05) is 17.8 Å². The first kappa shape index (κ1) is 15.7. The minimum Gasteiger partial charge on any atom is -0.339 e. The minimum atomic E-state index is -0.114. The van der Waals surface area contributed by atoms with Gasteiger partial charge in [0.1, 0.15) is 0 Å². The molecule has 1 N–H and O–H groups in total. The smallest absolute Gasteiger partial charge is 0.232 e. The molecule has 0 aliphatic carbocycles. The third kappa shape index (κ3) is 3.91. The topological polar surface area (TPSA) is 68.8 Å². The van der Waals surface area contributed by atoms with Crippen LogP contribution in [0.1, 0.15) is 57.9 Å². The fourth-order valence-electron chi connectivity index (χ4n) is 1.94. The van der Waals surface area contributed by atoms with Gasteiger partial charge in [0.25, 0.3) is 0 Å².